The van der Waals surface area contributed by atoms with Gasteiger partial charge in [0.2, 0.25) is 0 Å². The van der Waals surface area contributed by atoms with Gasteiger partial charge in [0.1, 0.15) is 0 Å². The molecule has 2 rings (SSSR count). The molecule has 0 bridgehead atoms. The smallest absolute Gasteiger partial charge is 0.315 e. The molecular weight excluding hydrogens is 310 g/mol. The van der Waals surface area contributed by atoms with Crippen LogP contribution in [-0.4, -0.2) is 38.1 Å². The topological polar surface area (TPSA) is 44.4 Å². The molecule has 0 saturated heterocycles. The zero-order chi connectivity index (χ0) is 18.1. The Bertz CT molecular complexity index is 628. The molecule has 2 N–H and O–H groups in total. The summed E-state index contributed by atoms with van der Waals surface area (Å²) in [4.78, 5) is 14.5. The van der Waals surface area contributed by atoms with Crippen LogP contribution in [0.15, 0.2) is 60.7 Å². The molecular formula is C21H29N3O. The van der Waals surface area contributed by atoms with Crippen molar-refractivity contribution in [3.8, 4) is 0 Å². The van der Waals surface area contributed by atoms with Crippen LogP contribution < -0.4 is 10.6 Å². The van der Waals surface area contributed by atoms with Crippen LogP contribution in [0.4, 0.5) is 4.79 Å². The van der Waals surface area contributed by atoms with Crippen LogP contribution in [0.2, 0.25) is 0 Å². The van der Waals surface area contributed by atoms with Gasteiger partial charge in [0.15, 0.2) is 0 Å². The van der Waals surface area contributed by atoms with Crippen LogP contribution >= 0.6 is 0 Å². The van der Waals surface area contributed by atoms with Crippen molar-refractivity contribution in [2.24, 2.45) is 0 Å². The van der Waals surface area contributed by atoms with Crippen molar-refractivity contribution in [1.29, 1.82) is 0 Å². The first-order chi connectivity index (χ1) is 12.1. The number of nitrogens with zero attached hydrogens (tertiary/aromatic N) is 1. The Morgan fingerprint density at radius 3 is 2.04 bits per heavy atom. The fraction of sp³-hybridized carbons (Fsp3) is 0.381. The van der Waals surface area contributed by atoms with E-state index in [0.29, 0.717) is 12.5 Å². The van der Waals surface area contributed by atoms with Crippen LogP contribution in [0.25, 0.3) is 0 Å². The van der Waals surface area contributed by atoms with E-state index in [1.54, 1.807) is 0 Å². The van der Waals surface area contributed by atoms with E-state index in [1.807, 2.05) is 62.6 Å². The highest BCUT2D eigenvalue weighted by atomic mass is 16.2. The van der Waals surface area contributed by atoms with Crippen molar-refractivity contribution < 1.29 is 4.79 Å². The molecule has 134 valence electrons. The van der Waals surface area contributed by atoms with E-state index < -0.39 is 0 Å². The fourth-order valence-corrected chi connectivity index (χ4v) is 2.93. The minimum Gasteiger partial charge on any atom is -0.338 e. The quantitative estimate of drug-likeness (QED) is 0.769. The first-order valence-electron chi connectivity index (χ1n) is 8.89. The Hall–Kier alpha value is -2.33. The maximum atomic E-state index is 12.4. The Morgan fingerprint density at radius 1 is 0.960 bits per heavy atom. The van der Waals surface area contributed by atoms with Crippen LogP contribution in [0, 0.1) is 0 Å². The number of hydrogen-bond acceptors (Lipinski definition) is 2. The third kappa shape index (κ3) is 6.24. The van der Waals surface area contributed by atoms with Crippen LogP contribution in [0.5, 0.6) is 0 Å². The van der Waals surface area contributed by atoms with Gasteiger partial charge in [-0.25, -0.2) is 4.79 Å². The summed E-state index contributed by atoms with van der Waals surface area (Å²) < 4.78 is 0. The summed E-state index contributed by atoms with van der Waals surface area (Å²) >= 11 is 0. The number of nitrogens with one attached hydrogen (secondary N) is 2. The highest BCUT2D eigenvalue weighted by Crippen LogP contribution is 2.18. The maximum Gasteiger partial charge on any atom is 0.315 e. The zero-order valence-electron chi connectivity index (χ0n) is 15.4. The summed E-state index contributed by atoms with van der Waals surface area (Å²) in [5.41, 5.74) is 2.37. The Labute approximate surface area is 151 Å². The molecule has 2 atom stereocenters. The lowest BCUT2D eigenvalue weighted by Crippen LogP contribution is -2.42. The van der Waals surface area contributed by atoms with Crippen molar-refractivity contribution in [1.82, 2.24) is 15.5 Å². The number of rotatable bonds is 8. The van der Waals surface area contributed by atoms with Gasteiger partial charge in [-0.15, -0.1) is 0 Å². The lowest BCUT2D eigenvalue weighted by Gasteiger charge is -2.24. The van der Waals surface area contributed by atoms with Gasteiger partial charge in [-0.1, -0.05) is 67.6 Å². The lowest BCUT2D eigenvalue weighted by atomic mass is 9.97. The molecule has 0 saturated carbocycles. The van der Waals surface area contributed by atoms with Gasteiger partial charge >= 0.3 is 6.03 Å². The van der Waals surface area contributed by atoms with Gasteiger partial charge in [0.25, 0.3) is 0 Å². The molecule has 4 heteroatoms. The largest absolute Gasteiger partial charge is 0.338 e. The zero-order valence-corrected chi connectivity index (χ0v) is 15.4. The second-order valence-corrected chi connectivity index (χ2v) is 6.60. The number of carbonyl (C=O) groups excluding carboxylic acids is 1. The van der Waals surface area contributed by atoms with Crippen molar-refractivity contribution in [2.75, 3.05) is 27.2 Å². The minimum atomic E-state index is -0.120. The minimum absolute atomic E-state index is 0.0343. The molecule has 0 aliphatic rings. The molecule has 2 unspecified atom stereocenters. The Kier molecular flexibility index (Phi) is 7.48. The predicted molar refractivity (Wildman–Crippen MR) is 104 cm³/mol. The third-order valence-corrected chi connectivity index (χ3v) is 4.33. The number of likely N-dealkylation sites (N-methyl/N-ethyl adjacent to an activating group) is 1. The molecule has 0 spiro atoms. The van der Waals surface area contributed by atoms with E-state index in [1.165, 1.54) is 5.56 Å². The standard InChI is InChI=1S/C21H29N3O/c1-4-17(18-11-7-5-8-12-18)15-22-21(25)23-20(16-24(2)3)19-13-9-6-10-14-19/h5-14,17,20H,4,15-16H2,1-3H3,(H2,22,23,25). The van der Waals surface area contributed by atoms with Crippen LogP contribution in [0.3, 0.4) is 0 Å². The van der Waals surface area contributed by atoms with Crippen LogP contribution in [-0.2, 0) is 0 Å². The predicted octanol–water partition coefficient (Wildman–Crippen LogP) is 3.78. The Morgan fingerprint density at radius 2 is 1.52 bits per heavy atom. The molecule has 0 fully saturated rings. The van der Waals surface area contributed by atoms with Crippen molar-refractivity contribution in [3.05, 3.63) is 71.8 Å². The molecule has 4 nitrogen and oxygen atoms in total. The summed E-state index contributed by atoms with van der Waals surface area (Å²) in [6.45, 7) is 3.54. The summed E-state index contributed by atoms with van der Waals surface area (Å²) in [5, 5.41) is 6.14. The lowest BCUT2D eigenvalue weighted by molar-refractivity contribution is 0.232. The van der Waals surface area contributed by atoms with Gasteiger partial charge in [0.05, 0.1) is 6.04 Å². The normalized spacial score (nSPS) is 13.3. The van der Waals surface area contributed by atoms with E-state index in [0.717, 1.165) is 18.5 Å². The number of hydrogen-bond donors (Lipinski definition) is 2. The SMILES string of the molecule is CCC(CNC(=O)NC(CN(C)C)c1ccccc1)c1ccccc1. The monoisotopic (exact) mass is 339 g/mol. The summed E-state index contributed by atoms with van der Waals surface area (Å²) in [6.07, 6.45) is 0.990. The number of benzene rings is 2. The average molecular weight is 339 g/mol. The van der Waals surface area contributed by atoms with E-state index in [-0.39, 0.29) is 12.1 Å². The molecule has 0 radical (unpaired) electrons. The first kappa shape index (κ1) is 19.0. The summed E-state index contributed by atoms with van der Waals surface area (Å²) in [6, 6.07) is 20.3. The Balaban J connectivity index is 1.94. The fourth-order valence-electron chi connectivity index (χ4n) is 2.93. The number of amides is 2. The first-order valence-corrected chi connectivity index (χ1v) is 8.89. The highest BCUT2D eigenvalue weighted by molar-refractivity contribution is 5.74. The molecule has 0 aromatic heterocycles. The van der Waals surface area contributed by atoms with E-state index >= 15 is 0 Å². The maximum absolute atomic E-state index is 12.4. The molecule has 0 aliphatic heterocycles. The van der Waals surface area contributed by atoms with Gasteiger partial charge in [-0.3, -0.25) is 0 Å². The van der Waals surface area contributed by atoms with Crippen molar-refractivity contribution in [3.63, 3.8) is 0 Å². The van der Waals surface area contributed by atoms with Gasteiger partial charge in [0, 0.05) is 19.0 Å². The van der Waals surface area contributed by atoms with Crippen molar-refractivity contribution in [2.45, 2.75) is 25.3 Å². The molecule has 2 aromatic carbocycles. The van der Waals surface area contributed by atoms with E-state index in [2.05, 4.69) is 34.6 Å². The summed E-state index contributed by atoms with van der Waals surface area (Å²) in [7, 11) is 4.02. The van der Waals surface area contributed by atoms with E-state index in [4.69, 9.17) is 0 Å². The highest BCUT2D eigenvalue weighted by Gasteiger charge is 2.16. The number of urea groups is 1. The molecule has 0 aliphatic carbocycles. The molecule has 2 amide bonds. The van der Waals surface area contributed by atoms with Crippen LogP contribution in [0.1, 0.15) is 36.4 Å². The third-order valence-electron chi connectivity index (χ3n) is 4.33. The molecule has 0 heterocycles. The molecule has 25 heavy (non-hydrogen) atoms. The second kappa shape index (κ2) is 9.84. The van der Waals surface area contributed by atoms with Gasteiger partial charge in [-0.05, 0) is 31.6 Å². The van der Waals surface area contributed by atoms with Crippen molar-refractivity contribution >= 4 is 6.03 Å². The van der Waals surface area contributed by atoms with Gasteiger partial charge in [-0.2, -0.15) is 0 Å². The summed E-state index contributed by atoms with van der Waals surface area (Å²) in [5.74, 6) is 0.330. The van der Waals surface area contributed by atoms with E-state index in [9.17, 15) is 4.79 Å². The number of carbonyl (C=O) groups is 1. The average Bonchev–Trinajstić information content (AvgIpc) is 2.63. The second-order valence-electron chi connectivity index (χ2n) is 6.60. The molecule has 2 aromatic rings. The van der Waals surface area contributed by atoms with Gasteiger partial charge < -0.3 is 15.5 Å².